The summed E-state index contributed by atoms with van der Waals surface area (Å²) in [4.78, 5) is 9.11. The molecule has 4 aromatic rings. The van der Waals surface area contributed by atoms with Crippen molar-refractivity contribution >= 4 is 28.3 Å². The molecule has 4 heteroatoms. The fourth-order valence-electron chi connectivity index (χ4n) is 2.05. The Morgan fingerprint density at radius 2 is 1.61 bits per heavy atom. The average molecular weight is 251 g/mol. The molecule has 0 bridgehead atoms. The summed E-state index contributed by atoms with van der Waals surface area (Å²) in [7, 11) is 0. The normalized spacial score (nSPS) is 11.3. The number of hydrogen-bond donors (Lipinski definition) is 0. The molecule has 2 aromatic carbocycles. The average Bonchev–Trinajstić information content (AvgIpc) is 2.97. The van der Waals surface area contributed by atoms with Gasteiger partial charge in [0.15, 0.2) is 0 Å². The molecule has 0 saturated heterocycles. The fraction of sp³-hybridized carbons (Fsp3) is 0. The van der Waals surface area contributed by atoms with Crippen molar-refractivity contribution in [3.63, 3.8) is 0 Å². The molecule has 0 aliphatic carbocycles. The Balaban J connectivity index is 2.00. The maximum absolute atomic E-state index is 4.59. The highest BCUT2D eigenvalue weighted by atomic mass is 32.1. The van der Waals surface area contributed by atoms with Crippen LogP contribution in [-0.4, -0.2) is 13.8 Å². The van der Waals surface area contributed by atoms with Crippen LogP contribution in [-0.2, 0) is 0 Å². The Morgan fingerprint density at radius 1 is 0.833 bits per heavy atom. The summed E-state index contributed by atoms with van der Waals surface area (Å²) in [5.41, 5.74) is 3.25. The van der Waals surface area contributed by atoms with E-state index in [1.54, 1.807) is 11.5 Å². The molecular formula is C14H9N3S. The summed E-state index contributed by atoms with van der Waals surface area (Å²) in [6.07, 6.45) is 0. The second-order valence-electron chi connectivity index (χ2n) is 4.07. The van der Waals surface area contributed by atoms with E-state index in [4.69, 9.17) is 0 Å². The van der Waals surface area contributed by atoms with E-state index in [0.29, 0.717) is 0 Å². The molecule has 0 aliphatic heterocycles. The number of aromatic nitrogens is 3. The van der Waals surface area contributed by atoms with Crippen molar-refractivity contribution in [1.82, 2.24) is 13.8 Å². The van der Waals surface area contributed by atoms with Gasteiger partial charge in [-0.2, -0.15) is 4.98 Å². The Morgan fingerprint density at radius 3 is 2.50 bits per heavy atom. The molecular weight excluding hydrogens is 242 g/mol. The minimum atomic E-state index is 0.778. The lowest BCUT2D eigenvalue weighted by Crippen LogP contribution is -1.74. The molecule has 4 rings (SSSR count). The minimum absolute atomic E-state index is 0.778. The Bertz CT molecular complexity index is 830. The van der Waals surface area contributed by atoms with Gasteiger partial charge in [0.25, 0.3) is 0 Å². The first-order chi connectivity index (χ1) is 8.92. The highest BCUT2D eigenvalue weighted by molar-refractivity contribution is 7.10. The molecule has 0 unspecified atom stereocenters. The molecule has 0 amide bonds. The molecule has 0 aliphatic rings. The Hall–Kier alpha value is -2.20. The van der Waals surface area contributed by atoms with Crippen molar-refractivity contribution in [3.05, 3.63) is 54.6 Å². The highest BCUT2D eigenvalue weighted by Gasteiger charge is 2.10. The Kier molecular flexibility index (Phi) is 1.98. The SMILES string of the molecule is c1ccc(-c2nc3nc4ccccc4n3s2)cc1. The van der Waals surface area contributed by atoms with Crippen molar-refractivity contribution in [1.29, 1.82) is 0 Å². The molecule has 0 radical (unpaired) electrons. The molecule has 2 aromatic heterocycles. The van der Waals surface area contributed by atoms with Crippen LogP contribution in [0.15, 0.2) is 54.6 Å². The lowest BCUT2D eigenvalue weighted by atomic mass is 10.2. The van der Waals surface area contributed by atoms with Crippen LogP contribution in [0.2, 0.25) is 0 Å². The van der Waals surface area contributed by atoms with E-state index in [1.165, 1.54) is 0 Å². The van der Waals surface area contributed by atoms with Gasteiger partial charge in [0.1, 0.15) is 5.01 Å². The van der Waals surface area contributed by atoms with Crippen molar-refractivity contribution in [2.45, 2.75) is 0 Å². The maximum Gasteiger partial charge on any atom is 0.246 e. The molecule has 0 atom stereocenters. The van der Waals surface area contributed by atoms with Crippen LogP contribution in [0, 0.1) is 0 Å². The van der Waals surface area contributed by atoms with Gasteiger partial charge in [0.05, 0.1) is 11.0 Å². The minimum Gasteiger partial charge on any atom is -0.229 e. The van der Waals surface area contributed by atoms with Gasteiger partial charge in [0, 0.05) is 5.56 Å². The third-order valence-electron chi connectivity index (χ3n) is 2.90. The van der Waals surface area contributed by atoms with E-state index in [1.807, 2.05) is 36.4 Å². The first-order valence-electron chi connectivity index (χ1n) is 5.72. The number of benzene rings is 2. The third-order valence-corrected chi connectivity index (χ3v) is 3.95. The van der Waals surface area contributed by atoms with E-state index in [-0.39, 0.29) is 0 Å². The predicted octanol–water partition coefficient (Wildman–Crippen LogP) is 3.61. The zero-order valence-electron chi connectivity index (χ0n) is 9.45. The lowest BCUT2D eigenvalue weighted by molar-refractivity contribution is 1.29. The molecule has 86 valence electrons. The first-order valence-corrected chi connectivity index (χ1v) is 6.49. The van der Waals surface area contributed by atoms with Crippen LogP contribution < -0.4 is 0 Å². The van der Waals surface area contributed by atoms with Crippen molar-refractivity contribution in [2.75, 3.05) is 0 Å². The van der Waals surface area contributed by atoms with Gasteiger partial charge in [-0.25, -0.2) is 8.77 Å². The van der Waals surface area contributed by atoms with Crippen LogP contribution >= 0.6 is 11.5 Å². The van der Waals surface area contributed by atoms with Gasteiger partial charge in [-0.3, -0.25) is 0 Å². The van der Waals surface area contributed by atoms with E-state index >= 15 is 0 Å². The zero-order valence-corrected chi connectivity index (χ0v) is 10.3. The topological polar surface area (TPSA) is 30.2 Å². The number of hydrogen-bond acceptors (Lipinski definition) is 3. The van der Waals surface area contributed by atoms with Crippen LogP contribution in [0.25, 0.3) is 27.4 Å². The van der Waals surface area contributed by atoms with Crippen molar-refractivity contribution in [2.24, 2.45) is 0 Å². The summed E-state index contributed by atoms with van der Waals surface area (Å²) in [5.74, 6) is 0.778. The molecule has 18 heavy (non-hydrogen) atoms. The smallest absolute Gasteiger partial charge is 0.229 e. The van der Waals surface area contributed by atoms with Gasteiger partial charge in [0.2, 0.25) is 5.78 Å². The van der Waals surface area contributed by atoms with Gasteiger partial charge < -0.3 is 0 Å². The van der Waals surface area contributed by atoms with E-state index < -0.39 is 0 Å². The van der Waals surface area contributed by atoms with Crippen molar-refractivity contribution < 1.29 is 0 Å². The second kappa shape index (κ2) is 3.65. The summed E-state index contributed by atoms with van der Waals surface area (Å²) >= 11 is 1.63. The number of rotatable bonds is 1. The zero-order chi connectivity index (χ0) is 11.9. The van der Waals surface area contributed by atoms with Crippen LogP contribution in [0.5, 0.6) is 0 Å². The molecule has 2 heterocycles. The third kappa shape index (κ3) is 1.36. The Labute approximate surface area is 108 Å². The quantitative estimate of drug-likeness (QED) is 0.517. The monoisotopic (exact) mass is 251 g/mol. The van der Waals surface area contributed by atoms with E-state index in [2.05, 4.69) is 32.0 Å². The molecule has 0 saturated carbocycles. The number of para-hydroxylation sites is 2. The van der Waals surface area contributed by atoms with Gasteiger partial charge in [-0.15, -0.1) is 0 Å². The first kappa shape index (κ1) is 9.79. The number of imidazole rings is 1. The predicted molar refractivity (Wildman–Crippen MR) is 73.8 cm³/mol. The lowest BCUT2D eigenvalue weighted by Gasteiger charge is -1.92. The summed E-state index contributed by atoms with van der Waals surface area (Å²) in [5, 5.41) is 1.00. The van der Waals surface area contributed by atoms with Gasteiger partial charge >= 0.3 is 0 Å². The van der Waals surface area contributed by atoms with Crippen LogP contribution in [0.3, 0.4) is 0 Å². The van der Waals surface area contributed by atoms with Gasteiger partial charge in [-0.1, -0.05) is 42.5 Å². The fourth-order valence-corrected chi connectivity index (χ4v) is 3.00. The molecule has 3 nitrogen and oxygen atoms in total. The molecule has 0 fully saturated rings. The largest absolute Gasteiger partial charge is 0.246 e. The van der Waals surface area contributed by atoms with Crippen molar-refractivity contribution in [3.8, 4) is 10.6 Å². The summed E-state index contributed by atoms with van der Waals surface area (Å²) < 4.78 is 2.08. The van der Waals surface area contributed by atoms with Crippen LogP contribution in [0.1, 0.15) is 0 Å². The molecule has 0 spiro atoms. The maximum atomic E-state index is 4.59. The number of nitrogens with zero attached hydrogens (tertiary/aromatic N) is 3. The van der Waals surface area contributed by atoms with E-state index in [0.717, 1.165) is 27.4 Å². The van der Waals surface area contributed by atoms with E-state index in [9.17, 15) is 0 Å². The summed E-state index contributed by atoms with van der Waals surface area (Å²) in [6.45, 7) is 0. The number of fused-ring (bicyclic) bond motifs is 3. The van der Waals surface area contributed by atoms with Crippen LogP contribution in [0.4, 0.5) is 0 Å². The second-order valence-corrected chi connectivity index (χ2v) is 5.00. The standard InChI is InChI=1S/C14H9N3S/c1-2-6-10(7-3-1)13-16-14-15-11-8-4-5-9-12(11)17(14)18-13/h1-9H. The molecule has 0 N–H and O–H groups in total. The highest BCUT2D eigenvalue weighted by Crippen LogP contribution is 2.26. The van der Waals surface area contributed by atoms with Gasteiger partial charge in [-0.05, 0) is 23.7 Å². The summed E-state index contributed by atoms with van der Waals surface area (Å²) in [6, 6.07) is 18.3.